The summed E-state index contributed by atoms with van der Waals surface area (Å²) >= 11 is 0. The molecule has 0 aromatic carbocycles. The maximum atomic E-state index is 12.3. The molecule has 4 rings (SSSR count). The first-order valence-corrected chi connectivity index (χ1v) is 32.7. The van der Waals surface area contributed by atoms with E-state index in [9.17, 15) is 4.79 Å². The van der Waals surface area contributed by atoms with Crippen molar-refractivity contribution >= 4 is 39.2 Å². The van der Waals surface area contributed by atoms with E-state index < -0.39 is 33.3 Å². The Morgan fingerprint density at radius 2 is 1.26 bits per heavy atom. The van der Waals surface area contributed by atoms with Crippen LogP contribution in [-0.2, 0) is 27.2 Å². The average Bonchev–Trinajstić information content (AvgIpc) is 3.25. The van der Waals surface area contributed by atoms with Crippen molar-refractivity contribution < 1.29 is 27.2 Å². The van der Waals surface area contributed by atoms with Crippen LogP contribution in [0.5, 0.6) is 0 Å². The van der Waals surface area contributed by atoms with Crippen molar-refractivity contribution in [1.29, 1.82) is 0 Å². The second kappa shape index (κ2) is 14.0. The third kappa shape index (κ3) is 8.98. The zero-order chi connectivity index (χ0) is 35.5. The highest BCUT2D eigenvalue weighted by Gasteiger charge is 2.69. The van der Waals surface area contributed by atoms with E-state index in [0.29, 0.717) is 48.0 Å². The summed E-state index contributed by atoms with van der Waals surface area (Å²) < 4.78 is 34.3. The van der Waals surface area contributed by atoms with Crippen LogP contribution in [0, 0.1) is 46.3 Å². The molecule has 0 aliphatic heterocycles. The number of hydrogen-bond donors (Lipinski definition) is 0. The van der Waals surface area contributed by atoms with Gasteiger partial charge in [0.25, 0.3) is 0 Å². The molecule has 0 N–H and O–H groups in total. The van der Waals surface area contributed by atoms with E-state index in [1.54, 1.807) is 0 Å². The minimum absolute atomic E-state index is 0.0308. The molecule has 47 heavy (non-hydrogen) atoms. The zero-order valence-corrected chi connectivity index (χ0v) is 37.4. The number of ether oxygens (including phenoxy) is 1. The van der Waals surface area contributed by atoms with Crippen molar-refractivity contribution in [2.75, 3.05) is 7.11 Å². The van der Waals surface area contributed by atoms with Gasteiger partial charge in [0, 0.05) is 12.5 Å². The van der Waals surface area contributed by atoms with E-state index in [0.717, 1.165) is 25.7 Å². The Balaban J connectivity index is 1.85. The van der Waals surface area contributed by atoms with E-state index >= 15 is 0 Å². The number of rotatable bonds is 12. The Labute approximate surface area is 294 Å². The number of hydrogen-bond acceptors (Lipinski definition) is 6. The van der Waals surface area contributed by atoms with Crippen LogP contribution in [0.15, 0.2) is 0 Å². The van der Waals surface area contributed by atoms with Crippen LogP contribution in [-0.4, -0.2) is 70.8 Å². The molecule has 0 saturated heterocycles. The maximum Gasteiger partial charge on any atom is 0.305 e. The van der Waals surface area contributed by atoms with E-state index in [1.165, 1.54) is 26.4 Å². The summed E-state index contributed by atoms with van der Waals surface area (Å²) in [6, 6.07) is 0. The zero-order valence-electron chi connectivity index (χ0n) is 33.4. The van der Waals surface area contributed by atoms with Gasteiger partial charge in [-0.05, 0) is 170 Å². The predicted octanol–water partition coefficient (Wildman–Crippen LogP) is 9.94. The molecule has 0 amide bonds. The van der Waals surface area contributed by atoms with Crippen LogP contribution in [0.2, 0.25) is 78.6 Å². The van der Waals surface area contributed by atoms with Gasteiger partial charge in [-0.15, -0.1) is 0 Å². The fourth-order valence-corrected chi connectivity index (χ4v) is 15.7. The van der Waals surface area contributed by atoms with Gasteiger partial charge in [-0.2, -0.15) is 0 Å². The second-order valence-corrected chi connectivity index (χ2v) is 38.4. The van der Waals surface area contributed by atoms with Crippen LogP contribution < -0.4 is 0 Å². The van der Waals surface area contributed by atoms with E-state index in [-0.39, 0.29) is 35.1 Å². The van der Waals surface area contributed by atoms with Gasteiger partial charge in [-0.25, -0.2) is 0 Å². The minimum Gasteiger partial charge on any atom is -0.469 e. The van der Waals surface area contributed by atoms with Gasteiger partial charge >= 0.3 is 5.97 Å². The van der Waals surface area contributed by atoms with Crippen LogP contribution in [0.25, 0.3) is 0 Å². The molecular formula is C37H74O6Si4. The normalized spacial score (nSPS) is 40.3. The molecule has 4 fully saturated rings. The van der Waals surface area contributed by atoms with Gasteiger partial charge < -0.3 is 22.4 Å². The Morgan fingerprint density at radius 1 is 0.702 bits per heavy atom. The van der Waals surface area contributed by atoms with E-state index in [4.69, 9.17) is 22.4 Å². The molecule has 6 nitrogen and oxygen atoms in total. The first kappa shape index (κ1) is 40.0. The highest BCUT2D eigenvalue weighted by molar-refractivity contribution is 6.71. The number of methoxy groups -OCH3 is 1. The summed E-state index contributed by atoms with van der Waals surface area (Å²) in [5.74, 6) is 2.76. The van der Waals surface area contributed by atoms with Gasteiger partial charge in [0.1, 0.15) is 0 Å². The lowest BCUT2D eigenvalue weighted by Crippen LogP contribution is -2.70. The molecule has 10 heteroatoms. The Hall–Kier alpha value is 0.178. The van der Waals surface area contributed by atoms with Crippen LogP contribution >= 0.6 is 0 Å². The summed E-state index contributed by atoms with van der Waals surface area (Å²) in [5.41, 5.74) is 0.188. The average molecular weight is 727 g/mol. The molecule has 0 spiro atoms. The molecular weight excluding hydrogens is 653 g/mol. The SMILES string of the molecule is COC(=O)CC[C@@H](C)[C@H]1CCC2C3C(C[C@H](O[Si](C)(C)C)[C@@]21C)[C@@]1(C)CC[C@H](O[Si](C)(C)C)C[C@H]1[C@@H](O[Si](C)(C)C)[C@H]3O[Si](C)(C)C. The molecule has 0 aromatic rings. The molecule has 0 radical (unpaired) electrons. The second-order valence-electron chi connectivity index (χ2n) is 20.5. The van der Waals surface area contributed by atoms with Crippen LogP contribution in [0.1, 0.15) is 72.1 Å². The summed E-state index contributed by atoms with van der Waals surface area (Å²) in [7, 11) is -5.87. The van der Waals surface area contributed by atoms with Crippen LogP contribution in [0.3, 0.4) is 0 Å². The number of carbonyl (C=O) groups is 1. The van der Waals surface area contributed by atoms with Crippen molar-refractivity contribution in [1.82, 2.24) is 0 Å². The summed E-state index contributed by atoms with van der Waals surface area (Å²) in [5, 5.41) is 0. The van der Waals surface area contributed by atoms with Crippen LogP contribution in [0.4, 0.5) is 0 Å². The molecule has 274 valence electrons. The number of esters is 1. The highest BCUT2D eigenvalue weighted by Crippen LogP contribution is 2.70. The Bertz CT molecular complexity index is 1090. The molecule has 12 atom stereocenters. The first-order chi connectivity index (χ1) is 21.3. The standard InChI is InChI=1S/C37H74O6Si4/c1-25(17-20-32(38)39-4)27-18-19-28-33-29(24-31(37(27,28)3)41-45(8,9)10)36(2)22-21-26(40-44(5,6)7)23-30(36)34(42-46(11,12)13)35(33)43-47(14,15)16/h25-31,33-35H,17-24H2,1-16H3/t25-,26+,27-,28?,29?,30+,31+,33?,34-,35+,36-,37-/m1/s1. The quantitative estimate of drug-likeness (QED) is 0.147. The van der Waals surface area contributed by atoms with Gasteiger partial charge in [0.2, 0.25) is 0 Å². The molecule has 4 aliphatic rings. The summed E-state index contributed by atoms with van der Waals surface area (Å²) in [6.07, 6.45) is 9.05. The van der Waals surface area contributed by atoms with E-state index in [1.807, 2.05) is 0 Å². The topological polar surface area (TPSA) is 63.2 Å². The number of fused-ring (bicyclic) bond motifs is 5. The largest absolute Gasteiger partial charge is 0.469 e. The van der Waals surface area contributed by atoms with Gasteiger partial charge in [0.15, 0.2) is 33.3 Å². The van der Waals surface area contributed by atoms with Crippen molar-refractivity contribution in [2.45, 2.75) is 175 Å². The smallest absolute Gasteiger partial charge is 0.305 e. The van der Waals surface area contributed by atoms with Crippen molar-refractivity contribution in [3.63, 3.8) is 0 Å². The lowest BCUT2D eigenvalue weighted by molar-refractivity contribution is -0.232. The van der Waals surface area contributed by atoms with E-state index in [2.05, 4.69) is 99.3 Å². The lowest BCUT2D eigenvalue weighted by Gasteiger charge is -2.68. The third-order valence-electron chi connectivity index (χ3n) is 12.5. The fourth-order valence-electron chi connectivity index (χ4n) is 11.0. The Kier molecular flexibility index (Phi) is 11.9. The molecule has 0 heterocycles. The first-order valence-electron chi connectivity index (χ1n) is 19.1. The Morgan fingerprint density at radius 3 is 1.79 bits per heavy atom. The number of carbonyl (C=O) groups excluding carboxylic acids is 1. The fraction of sp³-hybridized carbons (Fsp3) is 0.973. The minimum atomic E-state index is -1.93. The van der Waals surface area contributed by atoms with Crippen molar-refractivity contribution in [3.8, 4) is 0 Å². The molecule has 3 unspecified atom stereocenters. The summed E-state index contributed by atoms with van der Waals surface area (Å²) in [4.78, 5) is 12.3. The molecule has 4 aliphatic carbocycles. The molecule has 4 saturated carbocycles. The molecule has 0 bridgehead atoms. The van der Waals surface area contributed by atoms with Gasteiger partial charge in [-0.1, -0.05) is 20.8 Å². The predicted molar refractivity (Wildman–Crippen MR) is 205 cm³/mol. The highest BCUT2D eigenvalue weighted by atomic mass is 28.4. The lowest BCUT2D eigenvalue weighted by atomic mass is 9.42. The van der Waals surface area contributed by atoms with Crippen molar-refractivity contribution in [3.05, 3.63) is 0 Å². The van der Waals surface area contributed by atoms with Gasteiger partial charge in [0.05, 0.1) is 25.4 Å². The maximum absolute atomic E-state index is 12.3. The van der Waals surface area contributed by atoms with Crippen molar-refractivity contribution in [2.24, 2.45) is 46.3 Å². The third-order valence-corrected chi connectivity index (χ3v) is 16.5. The molecule has 0 aromatic heterocycles. The monoisotopic (exact) mass is 726 g/mol. The van der Waals surface area contributed by atoms with Gasteiger partial charge in [-0.3, -0.25) is 4.79 Å². The summed E-state index contributed by atoms with van der Waals surface area (Å²) in [6.45, 7) is 36.0.